The van der Waals surface area contributed by atoms with Crippen LogP contribution in [0, 0.1) is 0 Å². The Bertz CT molecular complexity index is 309. The van der Waals surface area contributed by atoms with Crippen molar-refractivity contribution in [1.29, 1.82) is 0 Å². The Labute approximate surface area is 101 Å². The maximum absolute atomic E-state index is 11.3. The molecule has 0 bridgehead atoms. The van der Waals surface area contributed by atoms with Crippen molar-refractivity contribution in [3.8, 4) is 0 Å². The summed E-state index contributed by atoms with van der Waals surface area (Å²) in [5.41, 5.74) is 5.76. The molecule has 7 nitrogen and oxygen atoms in total. The van der Waals surface area contributed by atoms with E-state index in [1.54, 1.807) is 0 Å². The number of aliphatic imine (C=N–C) groups is 1. The molecular formula is C10H19N5O2. The third kappa shape index (κ3) is 3.33. The van der Waals surface area contributed by atoms with Gasteiger partial charge in [0.2, 0.25) is 5.91 Å². The number of carbonyl (C=O) groups is 2. The van der Waals surface area contributed by atoms with Gasteiger partial charge in [-0.1, -0.05) is 0 Å². The third-order valence-corrected chi connectivity index (χ3v) is 2.62. The van der Waals surface area contributed by atoms with Gasteiger partial charge in [0.15, 0.2) is 5.96 Å². The summed E-state index contributed by atoms with van der Waals surface area (Å²) in [6, 6.07) is -0.355. The Balaban J connectivity index is 2.43. The summed E-state index contributed by atoms with van der Waals surface area (Å²) in [6.07, 6.45) is 0. The van der Waals surface area contributed by atoms with E-state index in [4.69, 9.17) is 5.73 Å². The molecule has 0 aromatic heterocycles. The molecule has 0 aromatic carbocycles. The number of hydrogen-bond acceptors (Lipinski definition) is 3. The molecule has 0 aliphatic carbocycles. The zero-order valence-electron chi connectivity index (χ0n) is 10.3. The maximum Gasteiger partial charge on any atom is 0.324 e. The minimum absolute atomic E-state index is 0.0775. The summed E-state index contributed by atoms with van der Waals surface area (Å²) in [4.78, 5) is 29.7. The lowest BCUT2D eigenvalue weighted by Crippen LogP contribution is -2.38. The lowest BCUT2D eigenvalue weighted by molar-refractivity contribution is -0.124. The van der Waals surface area contributed by atoms with Crippen LogP contribution in [0.25, 0.3) is 0 Å². The fourth-order valence-electron chi connectivity index (χ4n) is 1.59. The zero-order valence-corrected chi connectivity index (χ0v) is 10.3. The van der Waals surface area contributed by atoms with Gasteiger partial charge in [0, 0.05) is 13.1 Å². The quantitative estimate of drug-likeness (QED) is 0.374. The highest BCUT2D eigenvalue weighted by molar-refractivity contribution is 6.01. The van der Waals surface area contributed by atoms with Crippen LogP contribution < -0.4 is 11.1 Å². The molecule has 1 saturated heterocycles. The lowest BCUT2D eigenvalue weighted by Gasteiger charge is -2.19. The van der Waals surface area contributed by atoms with Crippen molar-refractivity contribution < 1.29 is 9.59 Å². The molecule has 7 heteroatoms. The van der Waals surface area contributed by atoms with E-state index in [1.807, 2.05) is 18.7 Å². The van der Waals surface area contributed by atoms with Crippen molar-refractivity contribution in [3.05, 3.63) is 0 Å². The predicted octanol–water partition coefficient (Wildman–Crippen LogP) is -0.805. The summed E-state index contributed by atoms with van der Waals surface area (Å²) < 4.78 is 0. The molecule has 17 heavy (non-hydrogen) atoms. The molecule has 0 atom stereocenters. The molecule has 96 valence electrons. The molecule has 0 spiro atoms. The predicted molar refractivity (Wildman–Crippen MR) is 64.5 cm³/mol. The van der Waals surface area contributed by atoms with Crippen molar-refractivity contribution in [3.63, 3.8) is 0 Å². The average Bonchev–Trinajstić information content (AvgIpc) is 2.62. The van der Waals surface area contributed by atoms with E-state index in [9.17, 15) is 9.59 Å². The van der Waals surface area contributed by atoms with Crippen LogP contribution in [0.4, 0.5) is 4.79 Å². The van der Waals surface area contributed by atoms with Gasteiger partial charge in [-0.05, 0) is 13.8 Å². The van der Waals surface area contributed by atoms with Gasteiger partial charge < -0.3 is 16.0 Å². The topological polar surface area (TPSA) is 91.0 Å². The minimum atomic E-state index is -0.355. The Morgan fingerprint density at radius 1 is 1.47 bits per heavy atom. The number of carbonyl (C=O) groups excluding carboxylic acids is 2. The molecule has 1 rings (SSSR count). The van der Waals surface area contributed by atoms with Crippen molar-refractivity contribution >= 4 is 17.9 Å². The number of guanidine groups is 1. The normalized spacial score (nSPS) is 16.4. The van der Waals surface area contributed by atoms with Crippen molar-refractivity contribution in [2.24, 2.45) is 10.7 Å². The van der Waals surface area contributed by atoms with Crippen LogP contribution in [0.5, 0.6) is 0 Å². The Morgan fingerprint density at radius 2 is 2.12 bits per heavy atom. The van der Waals surface area contributed by atoms with E-state index in [0.29, 0.717) is 12.5 Å². The Hall–Kier alpha value is -1.79. The lowest BCUT2D eigenvalue weighted by atomic mass is 10.5. The SMILES string of the molecule is CCN(CC)C(N)=NCCN1C(=O)CNC1=O. The van der Waals surface area contributed by atoms with Gasteiger partial charge in [0.25, 0.3) is 0 Å². The van der Waals surface area contributed by atoms with Gasteiger partial charge in [-0.3, -0.25) is 14.7 Å². The Morgan fingerprint density at radius 3 is 2.59 bits per heavy atom. The summed E-state index contributed by atoms with van der Waals surface area (Å²) in [7, 11) is 0. The van der Waals surface area contributed by atoms with Gasteiger partial charge in [-0.15, -0.1) is 0 Å². The fourth-order valence-corrected chi connectivity index (χ4v) is 1.59. The van der Waals surface area contributed by atoms with Crippen LogP contribution in [0.2, 0.25) is 0 Å². The van der Waals surface area contributed by atoms with Crippen LogP contribution >= 0.6 is 0 Å². The zero-order chi connectivity index (χ0) is 12.8. The number of imide groups is 1. The molecule has 1 aliphatic rings. The summed E-state index contributed by atoms with van der Waals surface area (Å²) >= 11 is 0. The number of nitrogens with two attached hydrogens (primary N) is 1. The number of hydrogen-bond donors (Lipinski definition) is 2. The van der Waals surface area contributed by atoms with E-state index in [0.717, 1.165) is 18.0 Å². The number of amides is 3. The first-order valence-electron chi connectivity index (χ1n) is 5.73. The van der Waals surface area contributed by atoms with Crippen LogP contribution in [0.3, 0.4) is 0 Å². The molecule has 3 N–H and O–H groups in total. The van der Waals surface area contributed by atoms with Crippen LogP contribution in [-0.4, -0.2) is 60.4 Å². The molecule has 3 amide bonds. The second-order valence-electron chi connectivity index (χ2n) is 3.62. The van der Waals surface area contributed by atoms with E-state index < -0.39 is 0 Å². The smallest absolute Gasteiger partial charge is 0.324 e. The molecule has 1 fully saturated rings. The molecule has 0 unspecified atom stereocenters. The highest BCUT2D eigenvalue weighted by Crippen LogP contribution is 1.98. The number of urea groups is 1. The summed E-state index contributed by atoms with van der Waals surface area (Å²) in [5, 5.41) is 2.45. The van der Waals surface area contributed by atoms with Crippen molar-refractivity contribution in [2.45, 2.75) is 13.8 Å². The largest absolute Gasteiger partial charge is 0.370 e. The average molecular weight is 241 g/mol. The summed E-state index contributed by atoms with van der Waals surface area (Å²) in [5.74, 6) is 0.230. The standard InChI is InChI=1S/C10H19N5O2/c1-3-14(4-2)9(11)12-5-6-15-8(16)7-13-10(15)17/h3-7H2,1-2H3,(H2,11,12)(H,13,17). The number of nitrogens with one attached hydrogen (secondary N) is 1. The highest BCUT2D eigenvalue weighted by Gasteiger charge is 2.27. The molecular weight excluding hydrogens is 222 g/mol. The van der Waals surface area contributed by atoms with Gasteiger partial charge in [-0.2, -0.15) is 0 Å². The van der Waals surface area contributed by atoms with Crippen molar-refractivity contribution in [1.82, 2.24) is 15.1 Å². The highest BCUT2D eigenvalue weighted by atomic mass is 16.2. The Kier molecular flexibility index (Phi) is 4.74. The first kappa shape index (κ1) is 13.3. The molecule has 0 radical (unpaired) electrons. The minimum Gasteiger partial charge on any atom is -0.370 e. The van der Waals surface area contributed by atoms with Gasteiger partial charge >= 0.3 is 6.03 Å². The van der Waals surface area contributed by atoms with Gasteiger partial charge in [0.05, 0.1) is 19.6 Å². The van der Waals surface area contributed by atoms with Crippen LogP contribution in [0.15, 0.2) is 4.99 Å². The third-order valence-electron chi connectivity index (χ3n) is 2.62. The van der Waals surface area contributed by atoms with Gasteiger partial charge in [-0.25, -0.2) is 4.79 Å². The number of rotatable bonds is 5. The second-order valence-corrected chi connectivity index (χ2v) is 3.62. The van der Waals surface area contributed by atoms with Crippen molar-refractivity contribution in [2.75, 3.05) is 32.7 Å². The number of nitrogens with zero attached hydrogens (tertiary/aromatic N) is 3. The first-order chi connectivity index (χ1) is 8.10. The van der Waals surface area contributed by atoms with Crippen LogP contribution in [-0.2, 0) is 4.79 Å². The molecule has 1 aliphatic heterocycles. The fraction of sp³-hybridized carbons (Fsp3) is 0.700. The van der Waals surface area contributed by atoms with Crippen LogP contribution in [0.1, 0.15) is 13.8 Å². The second kappa shape index (κ2) is 6.07. The molecule has 0 aromatic rings. The summed E-state index contributed by atoms with van der Waals surface area (Å²) in [6.45, 7) is 6.23. The monoisotopic (exact) mass is 241 g/mol. The van der Waals surface area contributed by atoms with E-state index >= 15 is 0 Å². The van der Waals surface area contributed by atoms with E-state index in [2.05, 4.69) is 10.3 Å². The maximum atomic E-state index is 11.3. The first-order valence-corrected chi connectivity index (χ1v) is 5.73. The van der Waals surface area contributed by atoms with E-state index in [1.165, 1.54) is 0 Å². The molecule has 1 heterocycles. The van der Waals surface area contributed by atoms with Gasteiger partial charge in [0.1, 0.15) is 0 Å². The molecule has 0 saturated carbocycles. The van der Waals surface area contributed by atoms with E-state index in [-0.39, 0.29) is 25.0 Å².